The Hall–Kier alpha value is -0.740. The molecule has 18 heavy (non-hydrogen) atoms. The van der Waals surface area contributed by atoms with Gasteiger partial charge in [0, 0.05) is 28.3 Å². The molecule has 3 nitrogen and oxygen atoms in total. The van der Waals surface area contributed by atoms with Gasteiger partial charge in [0.2, 0.25) is 5.91 Å². The van der Waals surface area contributed by atoms with Gasteiger partial charge < -0.3 is 10.2 Å². The van der Waals surface area contributed by atoms with Crippen molar-refractivity contribution in [2.24, 2.45) is 0 Å². The van der Waals surface area contributed by atoms with Crippen LogP contribution in [0.2, 0.25) is 5.02 Å². The van der Waals surface area contributed by atoms with Crippen LogP contribution in [0.5, 0.6) is 0 Å². The van der Waals surface area contributed by atoms with Crippen LogP contribution in [0.3, 0.4) is 0 Å². The van der Waals surface area contributed by atoms with Crippen LogP contribution in [-0.2, 0) is 4.79 Å². The highest BCUT2D eigenvalue weighted by Gasteiger charge is 2.16. The third-order valence-electron chi connectivity index (χ3n) is 3.07. The fourth-order valence-electron chi connectivity index (χ4n) is 2.06. The lowest BCUT2D eigenvalue weighted by molar-refractivity contribution is -0.130. The normalized spacial score (nSPS) is 15.6. The molecule has 1 aromatic rings. The van der Waals surface area contributed by atoms with E-state index in [1.165, 1.54) is 6.42 Å². The average Bonchev–Trinajstić information content (AvgIpc) is 2.38. The monoisotopic (exact) mass is 330 g/mol. The minimum Gasteiger partial charge on any atom is -0.375 e. The fraction of sp³-hybridized carbons (Fsp3) is 0.462. The number of hydrogen-bond acceptors (Lipinski definition) is 2. The van der Waals surface area contributed by atoms with Gasteiger partial charge in [0.1, 0.15) is 0 Å². The zero-order valence-electron chi connectivity index (χ0n) is 10.1. The van der Waals surface area contributed by atoms with Gasteiger partial charge >= 0.3 is 0 Å². The van der Waals surface area contributed by atoms with Crippen molar-refractivity contribution < 1.29 is 4.79 Å². The quantitative estimate of drug-likeness (QED) is 0.919. The standard InChI is InChI=1S/C13H16BrClN2O/c14-11-8-10(15)4-5-12(11)16-9-13(18)17-6-2-1-3-7-17/h4-5,8,16H,1-3,6-7,9H2. The molecule has 0 unspecified atom stereocenters. The van der Waals surface area contributed by atoms with E-state index in [0.717, 1.165) is 36.1 Å². The van der Waals surface area contributed by atoms with Gasteiger partial charge in [-0.05, 0) is 53.4 Å². The number of halogens is 2. The molecule has 1 aromatic carbocycles. The molecular formula is C13H16BrClN2O. The minimum atomic E-state index is 0.163. The predicted octanol–water partition coefficient (Wildman–Crippen LogP) is 3.53. The summed E-state index contributed by atoms with van der Waals surface area (Å²) in [5.74, 6) is 0.163. The van der Waals surface area contributed by atoms with E-state index in [4.69, 9.17) is 11.6 Å². The molecule has 1 N–H and O–H groups in total. The molecule has 1 saturated heterocycles. The molecule has 1 aliphatic heterocycles. The van der Waals surface area contributed by atoms with E-state index in [9.17, 15) is 4.79 Å². The van der Waals surface area contributed by atoms with Gasteiger partial charge in [-0.25, -0.2) is 0 Å². The molecular weight excluding hydrogens is 316 g/mol. The summed E-state index contributed by atoms with van der Waals surface area (Å²) in [6.07, 6.45) is 3.48. The first-order valence-corrected chi connectivity index (χ1v) is 7.30. The van der Waals surface area contributed by atoms with Gasteiger partial charge in [-0.1, -0.05) is 11.6 Å². The van der Waals surface area contributed by atoms with Crippen LogP contribution >= 0.6 is 27.5 Å². The number of hydrogen-bond donors (Lipinski definition) is 1. The number of amides is 1. The Morgan fingerprint density at radius 3 is 2.72 bits per heavy atom. The molecule has 1 heterocycles. The highest BCUT2D eigenvalue weighted by Crippen LogP contribution is 2.25. The van der Waals surface area contributed by atoms with Crippen molar-refractivity contribution in [2.75, 3.05) is 25.0 Å². The first kappa shape index (κ1) is 13.7. The largest absolute Gasteiger partial charge is 0.375 e. The number of benzene rings is 1. The molecule has 0 atom stereocenters. The number of carbonyl (C=O) groups is 1. The average molecular weight is 332 g/mol. The van der Waals surface area contributed by atoms with E-state index < -0.39 is 0 Å². The zero-order chi connectivity index (χ0) is 13.0. The Balaban J connectivity index is 1.88. The van der Waals surface area contributed by atoms with E-state index in [1.54, 1.807) is 6.07 Å². The Kier molecular flexibility index (Phi) is 4.89. The molecule has 0 aliphatic carbocycles. The molecule has 1 amide bonds. The molecule has 1 aliphatic rings. The summed E-state index contributed by atoms with van der Waals surface area (Å²) >= 11 is 9.29. The Bertz CT molecular complexity index is 433. The lowest BCUT2D eigenvalue weighted by atomic mass is 10.1. The molecule has 2 rings (SSSR count). The Morgan fingerprint density at radius 1 is 1.33 bits per heavy atom. The van der Waals surface area contributed by atoms with Crippen molar-refractivity contribution in [1.82, 2.24) is 4.90 Å². The Morgan fingerprint density at radius 2 is 2.06 bits per heavy atom. The van der Waals surface area contributed by atoms with Gasteiger partial charge in [-0.15, -0.1) is 0 Å². The third-order valence-corrected chi connectivity index (χ3v) is 3.96. The van der Waals surface area contributed by atoms with Gasteiger partial charge in [0.15, 0.2) is 0 Å². The maximum atomic E-state index is 12.0. The Labute approximate surface area is 121 Å². The summed E-state index contributed by atoms with van der Waals surface area (Å²) in [6, 6.07) is 5.49. The van der Waals surface area contributed by atoms with Crippen molar-refractivity contribution in [2.45, 2.75) is 19.3 Å². The second-order valence-electron chi connectivity index (χ2n) is 4.42. The SMILES string of the molecule is O=C(CNc1ccc(Cl)cc1Br)N1CCCCC1. The lowest BCUT2D eigenvalue weighted by Crippen LogP contribution is -2.39. The molecule has 98 valence electrons. The second-order valence-corrected chi connectivity index (χ2v) is 5.71. The number of nitrogens with zero attached hydrogens (tertiary/aromatic N) is 1. The third kappa shape index (κ3) is 3.62. The first-order valence-electron chi connectivity index (χ1n) is 6.13. The molecule has 0 radical (unpaired) electrons. The second kappa shape index (κ2) is 6.43. The van der Waals surface area contributed by atoms with Gasteiger partial charge in [-0.3, -0.25) is 4.79 Å². The van der Waals surface area contributed by atoms with E-state index >= 15 is 0 Å². The van der Waals surface area contributed by atoms with E-state index in [1.807, 2.05) is 17.0 Å². The van der Waals surface area contributed by atoms with Crippen molar-refractivity contribution in [3.05, 3.63) is 27.7 Å². The number of nitrogens with one attached hydrogen (secondary N) is 1. The predicted molar refractivity (Wildman–Crippen MR) is 78.1 cm³/mol. The molecule has 0 saturated carbocycles. The first-order chi connectivity index (χ1) is 8.66. The van der Waals surface area contributed by atoms with Crippen LogP contribution in [0, 0.1) is 0 Å². The highest BCUT2D eigenvalue weighted by molar-refractivity contribution is 9.10. The molecule has 5 heteroatoms. The number of anilines is 1. The summed E-state index contributed by atoms with van der Waals surface area (Å²) in [5, 5.41) is 3.82. The maximum Gasteiger partial charge on any atom is 0.241 e. The van der Waals surface area contributed by atoms with Gasteiger partial charge in [-0.2, -0.15) is 0 Å². The number of carbonyl (C=O) groups excluding carboxylic acids is 1. The summed E-state index contributed by atoms with van der Waals surface area (Å²) in [4.78, 5) is 13.9. The van der Waals surface area contributed by atoms with Crippen molar-refractivity contribution in [1.29, 1.82) is 0 Å². The van der Waals surface area contributed by atoms with Crippen LogP contribution in [-0.4, -0.2) is 30.4 Å². The zero-order valence-corrected chi connectivity index (χ0v) is 12.4. The highest BCUT2D eigenvalue weighted by atomic mass is 79.9. The van der Waals surface area contributed by atoms with E-state index in [0.29, 0.717) is 11.6 Å². The van der Waals surface area contributed by atoms with Crippen LogP contribution in [0.4, 0.5) is 5.69 Å². The van der Waals surface area contributed by atoms with Gasteiger partial charge in [0.05, 0.1) is 6.54 Å². The summed E-state index contributed by atoms with van der Waals surface area (Å²) < 4.78 is 0.876. The number of likely N-dealkylation sites (tertiary alicyclic amines) is 1. The maximum absolute atomic E-state index is 12.0. The topological polar surface area (TPSA) is 32.3 Å². The van der Waals surface area contributed by atoms with E-state index in [-0.39, 0.29) is 5.91 Å². The number of rotatable bonds is 3. The molecule has 1 fully saturated rings. The molecule has 0 spiro atoms. The fourth-order valence-corrected chi connectivity index (χ4v) is 2.88. The van der Waals surface area contributed by atoms with Crippen molar-refractivity contribution in [3.63, 3.8) is 0 Å². The number of piperidine rings is 1. The van der Waals surface area contributed by atoms with Crippen LogP contribution < -0.4 is 5.32 Å². The molecule has 0 aromatic heterocycles. The van der Waals surface area contributed by atoms with Crippen molar-refractivity contribution in [3.8, 4) is 0 Å². The summed E-state index contributed by atoms with van der Waals surface area (Å²) in [5.41, 5.74) is 0.893. The smallest absolute Gasteiger partial charge is 0.241 e. The van der Waals surface area contributed by atoms with E-state index in [2.05, 4.69) is 21.2 Å². The van der Waals surface area contributed by atoms with Crippen LogP contribution in [0.15, 0.2) is 22.7 Å². The molecule has 0 bridgehead atoms. The minimum absolute atomic E-state index is 0.163. The summed E-state index contributed by atoms with van der Waals surface area (Å²) in [7, 11) is 0. The van der Waals surface area contributed by atoms with Crippen LogP contribution in [0.25, 0.3) is 0 Å². The van der Waals surface area contributed by atoms with Crippen LogP contribution in [0.1, 0.15) is 19.3 Å². The lowest BCUT2D eigenvalue weighted by Gasteiger charge is -2.27. The summed E-state index contributed by atoms with van der Waals surface area (Å²) in [6.45, 7) is 2.12. The van der Waals surface area contributed by atoms with Gasteiger partial charge in [0.25, 0.3) is 0 Å². The van der Waals surface area contributed by atoms with Crippen molar-refractivity contribution >= 4 is 39.1 Å².